The molecular formula is C19H15BrN2O3. The molecule has 0 saturated heterocycles. The summed E-state index contributed by atoms with van der Waals surface area (Å²) in [6.07, 6.45) is 1.66. The summed E-state index contributed by atoms with van der Waals surface area (Å²) in [6, 6.07) is 15.4. The summed E-state index contributed by atoms with van der Waals surface area (Å²) >= 11 is 3.34. The smallest absolute Gasteiger partial charge is 0.326 e. The monoisotopic (exact) mass is 398 g/mol. The predicted octanol–water partition coefficient (Wildman–Crippen LogP) is 3.42. The SMILES string of the molecule is O=C(N[C@@H](Cc1ccc(Br)cc1)C(=O)O)c1cnc2ccccc2c1. The lowest BCUT2D eigenvalue weighted by atomic mass is 10.1. The maximum absolute atomic E-state index is 12.4. The minimum Gasteiger partial charge on any atom is -0.480 e. The molecule has 2 N–H and O–H groups in total. The van der Waals surface area contributed by atoms with E-state index in [1.807, 2.05) is 48.5 Å². The van der Waals surface area contributed by atoms with Gasteiger partial charge in [0.05, 0.1) is 11.1 Å². The minimum absolute atomic E-state index is 0.204. The van der Waals surface area contributed by atoms with Crippen molar-refractivity contribution in [1.29, 1.82) is 0 Å². The fourth-order valence-electron chi connectivity index (χ4n) is 2.49. The van der Waals surface area contributed by atoms with Crippen LogP contribution in [0.4, 0.5) is 0 Å². The fraction of sp³-hybridized carbons (Fsp3) is 0.105. The van der Waals surface area contributed by atoms with Crippen molar-refractivity contribution in [1.82, 2.24) is 10.3 Å². The Labute approximate surface area is 152 Å². The molecule has 3 aromatic rings. The van der Waals surface area contributed by atoms with Crippen LogP contribution in [0.15, 0.2) is 65.3 Å². The van der Waals surface area contributed by atoms with E-state index in [9.17, 15) is 14.7 Å². The van der Waals surface area contributed by atoms with Crippen LogP contribution < -0.4 is 5.32 Å². The standard InChI is InChI=1S/C19H15BrN2O3/c20-15-7-5-12(6-8-15)9-17(19(24)25)22-18(23)14-10-13-3-1-2-4-16(13)21-11-14/h1-8,10-11,17H,9H2,(H,22,23)(H,24,25)/t17-/m0/s1. The summed E-state index contributed by atoms with van der Waals surface area (Å²) in [4.78, 5) is 28.2. The number of carbonyl (C=O) groups excluding carboxylic acids is 1. The molecule has 0 spiro atoms. The number of aliphatic carboxylic acids is 1. The van der Waals surface area contributed by atoms with Crippen LogP contribution in [-0.4, -0.2) is 28.0 Å². The van der Waals surface area contributed by atoms with Crippen molar-refractivity contribution in [2.75, 3.05) is 0 Å². The van der Waals surface area contributed by atoms with Crippen molar-refractivity contribution in [3.05, 3.63) is 76.4 Å². The summed E-state index contributed by atoms with van der Waals surface area (Å²) in [6.45, 7) is 0. The van der Waals surface area contributed by atoms with Gasteiger partial charge in [-0.25, -0.2) is 4.79 Å². The van der Waals surface area contributed by atoms with Gasteiger partial charge in [0.2, 0.25) is 0 Å². The Balaban J connectivity index is 1.77. The molecule has 1 amide bonds. The van der Waals surface area contributed by atoms with Gasteiger partial charge < -0.3 is 10.4 Å². The van der Waals surface area contributed by atoms with E-state index < -0.39 is 17.9 Å². The molecular weight excluding hydrogens is 384 g/mol. The van der Waals surface area contributed by atoms with Crippen LogP contribution in [-0.2, 0) is 11.2 Å². The number of para-hydroxylation sites is 1. The van der Waals surface area contributed by atoms with E-state index in [4.69, 9.17) is 0 Å². The Hall–Kier alpha value is -2.73. The molecule has 0 saturated carbocycles. The summed E-state index contributed by atoms with van der Waals surface area (Å²) in [5, 5.41) is 12.8. The third kappa shape index (κ3) is 4.22. The highest BCUT2D eigenvalue weighted by molar-refractivity contribution is 9.10. The number of amides is 1. The number of aromatic nitrogens is 1. The largest absolute Gasteiger partial charge is 0.480 e. The molecule has 2 aromatic carbocycles. The molecule has 0 unspecified atom stereocenters. The van der Waals surface area contributed by atoms with Gasteiger partial charge >= 0.3 is 5.97 Å². The second-order valence-corrected chi connectivity index (χ2v) is 6.53. The Morgan fingerprint density at radius 2 is 1.84 bits per heavy atom. The number of carboxylic acid groups (broad SMARTS) is 1. The molecule has 1 aromatic heterocycles. The van der Waals surface area contributed by atoms with E-state index in [-0.39, 0.29) is 6.42 Å². The van der Waals surface area contributed by atoms with Gasteiger partial charge in [0.25, 0.3) is 5.91 Å². The zero-order chi connectivity index (χ0) is 17.8. The van der Waals surface area contributed by atoms with Gasteiger partial charge in [-0.2, -0.15) is 0 Å². The number of carboxylic acids is 1. The first-order valence-electron chi connectivity index (χ1n) is 7.66. The molecule has 126 valence electrons. The van der Waals surface area contributed by atoms with E-state index in [1.165, 1.54) is 6.20 Å². The van der Waals surface area contributed by atoms with Gasteiger partial charge in [0, 0.05) is 22.5 Å². The number of halogens is 1. The van der Waals surface area contributed by atoms with Gasteiger partial charge in [-0.05, 0) is 29.8 Å². The molecule has 3 rings (SSSR count). The van der Waals surface area contributed by atoms with Crippen LogP contribution in [0.25, 0.3) is 10.9 Å². The van der Waals surface area contributed by atoms with Crippen molar-refractivity contribution in [2.24, 2.45) is 0 Å². The molecule has 25 heavy (non-hydrogen) atoms. The van der Waals surface area contributed by atoms with E-state index in [1.54, 1.807) is 6.07 Å². The number of benzene rings is 2. The van der Waals surface area contributed by atoms with Crippen molar-refractivity contribution in [3.8, 4) is 0 Å². The van der Waals surface area contributed by atoms with Crippen LogP contribution in [0.5, 0.6) is 0 Å². The molecule has 6 heteroatoms. The molecule has 0 aliphatic rings. The highest BCUT2D eigenvalue weighted by Crippen LogP contribution is 2.14. The van der Waals surface area contributed by atoms with Gasteiger partial charge in [-0.15, -0.1) is 0 Å². The average molecular weight is 399 g/mol. The van der Waals surface area contributed by atoms with E-state index in [0.29, 0.717) is 5.56 Å². The number of hydrogen-bond donors (Lipinski definition) is 2. The molecule has 0 bridgehead atoms. The number of hydrogen-bond acceptors (Lipinski definition) is 3. The Bertz CT molecular complexity index is 925. The first kappa shape index (κ1) is 17.1. The lowest BCUT2D eigenvalue weighted by Gasteiger charge is -2.15. The van der Waals surface area contributed by atoms with Gasteiger partial charge in [0.15, 0.2) is 0 Å². The topological polar surface area (TPSA) is 79.3 Å². The number of fused-ring (bicyclic) bond motifs is 1. The highest BCUT2D eigenvalue weighted by Gasteiger charge is 2.21. The Morgan fingerprint density at radius 1 is 1.12 bits per heavy atom. The van der Waals surface area contributed by atoms with Crippen LogP contribution in [0, 0.1) is 0 Å². The van der Waals surface area contributed by atoms with Gasteiger partial charge in [-0.3, -0.25) is 9.78 Å². The number of rotatable bonds is 5. The van der Waals surface area contributed by atoms with E-state index >= 15 is 0 Å². The molecule has 1 heterocycles. The van der Waals surface area contributed by atoms with Crippen LogP contribution in [0.1, 0.15) is 15.9 Å². The number of carbonyl (C=O) groups is 2. The quantitative estimate of drug-likeness (QED) is 0.689. The van der Waals surface area contributed by atoms with Crippen LogP contribution in [0.2, 0.25) is 0 Å². The zero-order valence-electron chi connectivity index (χ0n) is 13.1. The molecule has 1 atom stereocenters. The molecule has 5 nitrogen and oxygen atoms in total. The third-order valence-electron chi connectivity index (χ3n) is 3.81. The second-order valence-electron chi connectivity index (χ2n) is 5.61. The minimum atomic E-state index is -1.08. The highest BCUT2D eigenvalue weighted by atomic mass is 79.9. The maximum atomic E-state index is 12.4. The van der Waals surface area contributed by atoms with Crippen molar-refractivity contribution in [3.63, 3.8) is 0 Å². The van der Waals surface area contributed by atoms with Crippen LogP contribution >= 0.6 is 15.9 Å². The second kappa shape index (κ2) is 7.44. The van der Waals surface area contributed by atoms with E-state index in [2.05, 4.69) is 26.2 Å². The third-order valence-corrected chi connectivity index (χ3v) is 4.34. The van der Waals surface area contributed by atoms with Crippen molar-refractivity contribution >= 4 is 38.7 Å². The predicted molar refractivity (Wildman–Crippen MR) is 98.5 cm³/mol. The fourth-order valence-corrected chi connectivity index (χ4v) is 2.76. The number of pyridine rings is 1. The summed E-state index contributed by atoms with van der Waals surface area (Å²) in [5.41, 5.74) is 1.94. The molecule has 0 fully saturated rings. The number of nitrogens with one attached hydrogen (secondary N) is 1. The lowest BCUT2D eigenvalue weighted by molar-refractivity contribution is -0.139. The molecule has 0 aliphatic carbocycles. The van der Waals surface area contributed by atoms with Crippen molar-refractivity contribution < 1.29 is 14.7 Å². The normalized spacial score (nSPS) is 11.9. The van der Waals surface area contributed by atoms with Crippen LogP contribution in [0.3, 0.4) is 0 Å². The van der Waals surface area contributed by atoms with Gasteiger partial charge in [-0.1, -0.05) is 46.3 Å². The molecule has 0 radical (unpaired) electrons. The first-order valence-corrected chi connectivity index (χ1v) is 8.45. The maximum Gasteiger partial charge on any atom is 0.326 e. The Kier molecular flexibility index (Phi) is 5.09. The number of nitrogens with zero attached hydrogens (tertiary/aromatic N) is 1. The lowest BCUT2D eigenvalue weighted by Crippen LogP contribution is -2.42. The first-order chi connectivity index (χ1) is 12.0. The molecule has 0 aliphatic heterocycles. The van der Waals surface area contributed by atoms with Crippen molar-refractivity contribution in [2.45, 2.75) is 12.5 Å². The van der Waals surface area contributed by atoms with E-state index in [0.717, 1.165) is 20.9 Å². The Morgan fingerprint density at radius 3 is 2.56 bits per heavy atom. The average Bonchev–Trinajstić information content (AvgIpc) is 2.62. The zero-order valence-corrected chi connectivity index (χ0v) is 14.7. The summed E-state index contributed by atoms with van der Waals surface area (Å²) in [7, 11) is 0. The van der Waals surface area contributed by atoms with Gasteiger partial charge in [0.1, 0.15) is 6.04 Å². The summed E-state index contributed by atoms with van der Waals surface area (Å²) in [5.74, 6) is -1.53. The summed E-state index contributed by atoms with van der Waals surface area (Å²) < 4.78 is 0.911.